The van der Waals surface area contributed by atoms with E-state index in [0.29, 0.717) is 17.3 Å². The molecule has 41 heavy (non-hydrogen) atoms. The fourth-order valence-corrected chi connectivity index (χ4v) is 7.37. The third-order valence-corrected chi connectivity index (χ3v) is 10.2. The Bertz CT molecular complexity index is 1560. The van der Waals surface area contributed by atoms with Crippen LogP contribution in [0.15, 0.2) is 64.2 Å². The lowest BCUT2D eigenvalue weighted by molar-refractivity contribution is -0.124. The zero-order valence-electron chi connectivity index (χ0n) is 22.9. The number of unbranched alkanes of at least 4 members (excludes halogenated alkanes) is 1. The number of hydrogen-bond acceptors (Lipinski definition) is 5. The molecule has 0 spiro atoms. The summed E-state index contributed by atoms with van der Waals surface area (Å²) < 4.78 is 31.9. The highest BCUT2D eigenvalue weighted by atomic mass is 79.9. The second kappa shape index (κ2) is 11.7. The molecule has 0 bridgehead atoms. The molecule has 5 rings (SSSR count). The number of amides is 3. The fraction of sp³-hybridized carbons (Fsp3) is 0.393. The molecular formula is C28H32BrClN6O4S. The molecule has 0 radical (unpaired) electrons. The molecule has 2 aromatic carbocycles. The van der Waals surface area contributed by atoms with Crippen LogP contribution >= 0.6 is 27.5 Å². The van der Waals surface area contributed by atoms with Gasteiger partial charge in [0.25, 0.3) is 15.9 Å². The van der Waals surface area contributed by atoms with Crippen molar-refractivity contribution >= 4 is 61.1 Å². The van der Waals surface area contributed by atoms with E-state index in [1.165, 1.54) is 20.0 Å². The molecule has 0 aliphatic carbocycles. The van der Waals surface area contributed by atoms with E-state index in [1.807, 2.05) is 24.3 Å². The van der Waals surface area contributed by atoms with Crippen LogP contribution in [-0.2, 0) is 26.8 Å². The Kier molecular flexibility index (Phi) is 8.47. The summed E-state index contributed by atoms with van der Waals surface area (Å²) in [5.41, 5.74) is 0.0778. The van der Waals surface area contributed by atoms with Crippen LogP contribution in [0.4, 0.5) is 16.4 Å². The van der Waals surface area contributed by atoms with Gasteiger partial charge in [-0.25, -0.2) is 23.1 Å². The van der Waals surface area contributed by atoms with E-state index >= 15 is 0 Å². The van der Waals surface area contributed by atoms with Gasteiger partial charge in [-0.05, 0) is 49.2 Å². The summed E-state index contributed by atoms with van der Waals surface area (Å²) in [7, 11) is -4.06. The number of sulfonamides is 1. The first-order valence-electron chi connectivity index (χ1n) is 13.5. The zero-order chi connectivity index (χ0) is 29.4. The highest BCUT2D eigenvalue weighted by Gasteiger charge is 2.52. The van der Waals surface area contributed by atoms with Crippen molar-refractivity contribution in [1.82, 2.24) is 24.1 Å². The summed E-state index contributed by atoms with van der Waals surface area (Å²) in [5, 5.41) is 3.26. The number of urea groups is 1. The Morgan fingerprint density at radius 1 is 1.12 bits per heavy atom. The molecule has 13 heteroatoms. The summed E-state index contributed by atoms with van der Waals surface area (Å²) >= 11 is 9.70. The predicted molar refractivity (Wildman–Crippen MR) is 161 cm³/mol. The first-order chi connectivity index (χ1) is 19.6. The number of aromatic nitrogens is 2. The van der Waals surface area contributed by atoms with Gasteiger partial charge in [-0.1, -0.05) is 59.1 Å². The molecule has 2 aliphatic rings. The van der Waals surface area contributed by atoms with Gasteiger partial charge in [0.15, 0.2) is 5.03 Å². The lowest BCUT2D eigenvalue weighted by Gasteiger charge is -2.34. The van der Waals surface area contributed by atoms with Gasteiger partial charge in [-0.2, -0.15) is 4.31 Å². The predicted octanol–water partition coefficient (Wildman–Crippen LogP) is 4.75. The molecule has 3 aromatic rings. The van der Waals surface area contributed by atoms with Gasteiger partial charge < -0.3 is 10.2 Å². The Balaban J connectivity index is 1.49. The maximum Gasteiger partial charge on any atom is 0.317 e. The van der Waals surface area contributed by atoms with Crippen molar-refractivity contribution in [3.05, 3.63) is 69.8 Å². The molecule has 1 saturated heterocycles. The van der Waals surface area contributed by atoms with E-state index in [9.17, 15) is 18.0 Å². The van der Waals surface area contributed by atoms with Gasteiger partial charge >= 0.3 is 6.03 Å². The monoisotopic (exact) mass is 662 g/mol. The Hall–Kier alpha value is -2.93. The summed E-state index contributed by atoms with van der Waals surface area (Å²) in [6.45, 7) is 5.19. The zero-order valence-corrected chi connectivity index (χ0v) is 26.0. The minimum absolute atomic E-state index is 0.0640. The van der Waals surface area contributed by atoms with Crippen molar-refractivity contribution in [2.45, 2.75) is 43.7 Å². The number of halogens is 2. The average molecular weight is 664 g/mol. The maximum absolute atomic E-state index is 14.2. The number of anilines is 2. The molecule has 1 N–H and O–H groups in total. The Morgan fingerprint density at radius 2 is 1.83 bits per heavy atom. The Morgan fingerprint density at radius 3 is 2.49 bits per heavy atom. The molecule has 0 saturated carbocycles. The van der Waals surface area contributed by atoms with Crippen LogP contribution in [0.2, 0.25) is 5.02 Å². The average Bonchev–Trinajstić information content (AvgIpc) is 3.48. The first kappa shape index (κ1) is 29.6. The third-order valence-electron chi connectivity index (χ3n) is 7.53. The molecule has 3 heterocycles. The first-order valence-corrected chi connectivity index (χ1v) is 16.1. The molecule has 3 amide bonds. The van der Waals surface area contributed by atoms with E-state index in [-0.39, 0.29) is 55.5 Å². The number of nitrogens with zero attached hydrogens (tertiary/aromatic N) is 5. The number of piperazine rings is 1. The van der Waals surface area contributed by atoms with Gasteiger partial charge in [0.05, 0.1) is 11.9 Å². The van der Waals surface area contributed by atoms with E-state index in [1.54, 1.807) is 36.1 Å². The molecule has 218 valence electrons. The van der Waals surface area contributed by atoms with Gasteiger partial charge in [0.2, 0.25) is 5.95 Å². The van der Waals surface area contributed by atoms with Crippen LogP contribution in [0.3, 0.4) is 0 Å². The van der Waals surface area contributed by atoms with Crippen LogP contribution in [0.1, 0.15) is 32.3 Å². The quantitative estimate of drug-likeness (QED) is 0.350. The SMILES string of the molecule is CCCCNC(=O)N1CCN(S(=O)(=O)c2cnc3n2C(C)(Cc2ccc(Br)cc2)C(=O)N3c2cccc(Cl)c2)CC1. The van der Waals surface area contributed by atoms with Crippen molar-refractivity contribution in [1.29, 1.82) is 0 Å². The van der Waals surface area contributed by atoms with Crippen molar-refractivity contribution in [2.24, 2.45) is 0 Å². The van der Waals surface area contributed by atoms with Crippen LogP contribution in [0, 0.1) is 0 Å². The lowest BCUT2D eigenvalue weighted by Crippen LogP contribution is -2.53. The minimum atomic E-state index is -4.06. The highest BCUT2D eigenvalue weighted by Crippen LogP contribution is 2.44. The largest absolute Gasteiger partial charge is 0.338 e. The van der Waals surface area contributed by atoms with Gasteiger partial charge in [0, 0.05) is 48.6 Å². The number of carbonyl (C=O) groups excluding carboxylic acids is 2. The van der Waals surface area contributed by atoms with E-state index in [0.717, 1.165) is 22.9 Å². The number of nitrogens with one attached hydrogen (secondary N) is 1. The molecule has 1 atom stereocenters. The highest BCUT2D eigenvalue weighted by molar-refractivity contribution is 9.10. The van der Waals surface area contributed by atoms with Crippen LogP contribution in [0.5, 0.6) is 0 Å². The topological polar surface area (TPSA) is 108 Å². The number of rotatable bonds is 8. The van der Waals surface area contributed by atoms with E-state index < -0.39 is 15.6 Å². The standard InChI is InChI=1S/C28H32BrClN6O4S/c1-3-4-12-31-27(38)33-13-15-34(16-14-33)41(39,40)24-19-32-26-35(23-7-5-6-22(30)17-23)25(37)28(2,36(24)26)18-20-8-10-21(29)11-9-20/h5-11,17,19H,3-4,12-16,18H2,1-2H3,(H,31,38). The smallest absolute Gasteiger partial charge is 0.317 e. The van der Waals surface area contributed by atoms with Crippen molar-refractivity contribution in [2.75, 3.05) is 37.6 Å². The molecular weight excluding hydrogens is 632 g/mol. The van der Waals surface area contributed by atoms with Crippen molar-refractivity contribution in [3.8, 4) is 0 Å². The number of imidazole rings is 1. The number of hydrogen-bond donors (Lipinski definition) is 1. The van der Waals surface area contributed by atoms with Crippen LogP contribution in [-0.4, -0.2) is 71.8 Å². The molecule has 1 aromatic heterocycles. The summed E-state index contributed by atoms with van der Waals surface area (Å²) in [6.07, 6.45) is 3.42. The van der Waals surface area contributed by atoms with Crippen molar-refractivity contribution in [3.63, 3.8) is 0 Å². The second-order valence-electron chi connectivity index (χ2n) is 10.4. The van der Waals surface area contributed by atoms with Gasteiger partial charge in [-0.15, -0.1) is 0 Å². The molecule has 1 fully saturated rings. The number of carbonyl (C=O) groups is 2. The van der Waals surface area contributed by atoms with E-state index in [2.05, 4.69) is 33.2 Å². The van der Waals surface area contributed by atoms with Crippen LogP contribution < -0.4 is 10.2 Å². The lowest BCUT2D eigenvalue weighted by atomic mass is 9.92. The normalized spacial score (nSPS) is 19.5. The van der Waals surface area contributed by atoms with Gasteiger partial charge in [0.1, 0.15) is 5.54 Å². The fourth-order valence-electron chi connectivity index (χ4n) is 5.31. The molecule has 2 aliphatic heterocycles. The number of fused-ring (bicyclic) bond motifs is 1. The minimum Gasteiger partial charge on any atom is -0.338 e. The Labute approximate surface area is 253 Å². The maximum atomic E-state index is 14.2. The third kappa shape index (κ3) is 5.62. The summed E-state index contributed by atoms with van der Waals surface area (Å²) in [6, 6.07) is 14.2. The van der Waals surface area contributed by atoms with E-state index in [4.69, 9.17) is 11.6 Å². The van der Waals surface area contributed by atoms with Crippen LogP contribution in [0.25, 0.3) is 0 Å². The van der Waals surface area contributed by atoms with Crippen molar-refractivity contribution < 1.29 is 18.0 Å². The second-order valence-corrected chi connectivity index (χ2v) is 13.6. The molecule has 1 unspecified atom stereocenters. The van der Waals surface area contributed by atoms with Gasteiger partial charge in [-0.3, -0.25) is 9.36 Å². The molecule has 10 nitrogen and oxygen atoms in total. The number of benzene rings is 2. The summed E-state index contributed by atoms with van der Waals surface area (Å²) in [4.78, 5) is 34.2. The summed E-state index contributed by atoms with van der Waals surface area (Å²) in [5.74, 6) is -0.0970.